The van der Waals surface area contributed by atoms with Crippen molar-refractivity contribution in [3.63, 3.8) is 0 Å². The molecule has 1 aliphatic carbocycles. The summed E-state index contributed by atoms with van der Waals surface area (Å²) >= 11 is 5.85. The molecule has 6 heteroatoms. The highest BCUT2D eigenvalue weighted by Gasteiger charge is 2.38. The largest absolute Gasteiger partial charge is 0.573 e. The van der Waals surface area contributed by atoms with Crippen LogP contribution in [0.1, 0.15) is 24.8 Å². The molecule has 0 spiro atoms. The molecular formula is C11H10ClF3O2. The fraction of sp³-hybridized carbons (Fsp3) is 0.455. The fourth-order valence-electron chi connectivity index (χ4n) is 1.85. The zero-order valence-electron chi connectivity index (χ0n) is 8.72. The number of benzene rings is 1. The van der Waals surface area contributed by atoms with Gasteiger partial charge in [0.25, 0.3) is 0 Å². The molecule has 0 atom stereocenters. The van der Waals surface area contributed by atoms with E-state index in [4.69, 9.17) is 11.6 Å². The second-order valence-corrected chi connectivity index (χ2v) is 4.48. The molecule has 2 rings (SSSR count). The van der Waals surface area contributed by atoms with E-state index in [2.05, 4.69) is 4.74 Å². The van der Waals surface area contributed by atoms with Crippen molar-refractivity contribution in [2.75, 3.05) is 0 Å². The van der Waals surface area contributed by atoms with E-state index in [9.17, 15) is 18.3 Å². The lowest BCUT2D eigenvalue weighted by Gasteiger charge is -2.37. The van der Waals surface area contributed by atoms with Crippen LogP contribution in [0.3, 0.4) is 0 Å². The van der Waals surface area contributed by atoms with Crippen LogP contribution in [0, 0.1) is 0 Å². The van der Waals surface area contributed by atoms with Crippen molar-refractivity contribution in [1.82, 2.24) is 0 Å². The molecule has 94 valence electrons. The summed E-state index contributed by atoms with van der Waals surface area (Å²) < 4.78 is 39.6. The molecule has 0 aromatic heterocycles. The summed E-state index contributed by atoms with van der Waals surface area (Å²) in [6.45, 7) is 0. The normalized spacial score (nSPS) is 18.6. The van der Waals surface area contributed by atoms with Gasteiger partial charge in [0.1, 0.15) is 5.75 Å². The molecule has 0 radical (unpaired) electrons. The van der Waals surface area contributed by atoms with Gasteiger partial charge in [0.2, 0.25) is 0 Å². The summed E-state index contributed by atoms with van der Waals surface area (Å²) in [6, 6.07) is 3.61. The molecule has 1 N–H and O–H groups in total. The highest BCUT2D eigenvalue weighted by Crippen LogP contribution is 2.44. The van der Waals surface area contributed by atoms with Crippen LogP contribution < -0.4 is 4.74 Å². The molecule has 1 saturated carbocycles. The van der Waals surface area contributed by atoms with Crippen LogP contribution in [0.15, 0.2) is 18.2 Å². The van der Waals surface area contributed by atoms with Crippen LogP contribution >= 0.6 is 11.6 Å². The fourth-order valence-corrected chi connectivity index (χ4v) is 2.20. The van der Waals surface area contributed by atoms with Crippen molar-refractivity contribution in [1.29, 1.82) is 0 Å². The first kappa shape index (κ1) is 12.5. The van der Waals surface area contributed by atoms with E-state index < -0.39 is 12.0 Å². The minimum absolute atomic E-state index is 0.0916. The van der Waals surface area contributed by atoms with Crippen LogP contribution in [0.4, 0.5) is 13.2 Å². The van der Waals surface area contributed by atoms with Gasteiger partial charge in [-0.3, -0.25) is 0 Å². The lowest BCUT2D eigenvalue weighted by atomic mass is 9.75. The van der Waals surface area contributed by atoms with E-state index in [1.54, 1.807) is 0 Å². The Bertz CT molecular complexity index is 427. The van der Waals surface area contributed by atoms with Gasteiger partial charge in [0.15, 0.2) is 0 Å². The quantitative estimate of drug-likeness (QED) is 0.886. The third-order valence-corrected chi connectivity index (χ3v) is 3.17. The van der Waals surface area contributed by atoms with E-state index >= 15 is 0 Å². The molecule has 1 fully saturated rings. The van der Waals surface area contributed by atoms with Gasteiger partial charge >= 0.3 is 6.36 Å². The molecule has 0 aliphatic heterocycles. The molecule has 2 nitrogen and oxygen atoms in total. The average Bonchev–Trinajstić information content (AvgIpc) is 2.12. The third kappa shape index (κ3) is 2.66. The highest BCUT2D eigenvalue weighted by atomic mass is 35.5. The first-order chi connectivity index (χ1) is 7.80. The van der Waals surface area contributed by atoms with Gasteiger partial charge in [0.05, 0.1) is 10.6 Å². The molecule has 0 heterocycles. The van der Waals surface area contributed by atoms with Crippen molar-refractivity contribution in [2.45, 2.75) is 31.2 Å². The number of hydrogen-bond acceptors (Lipinski definition) is 2. The third-order valence-electron chi connectivity index (χ3n) is 2.86. The minimum atomic E-state index is -4.74. The van der Waals surface area contributed by atoms with Gasteiger partial charge in [-0.15, -0.1) is 13.2 Å². The van der Waals surface area contributed by atoms with Gasteiger partial charge in [-0.1, -0.05) is 17.7 Å². The Morgan fingerprint density at radius 2 is 1.94 bits per heavy atom. The SMILES string of the molecule is OC1(c2ccc(OC(F)(F)F)cc2Cl)CCC1. The zero-order valence-corrected chi connectivity index (χ0v) is 9.48. The summed E-state index contributed by atoms with van der Waals surface area (Å²) in [7, 11) is 0. The number of rotatable bonds is 2. The van der Waals surface area contributed by atoms with E-state index in [-0.39, 0.29) is 10.8 Å². The first-order valence-electron chi connectivity index (χ1n) is 5.08. The smallest absolute Gasteiger partial charge is 0.406 e. The molecule has 0 saturated heterocycles. The zero-order chi connectivity index (χ0) is 12.7. The topological polar surface area (TPSA) is 29.5 Å². The number of aliphatic hydroxyl groups is 1. The van der Waals surface area contributed by atoms with Crippen molar-refractivity contribution >= 4 is 11.6 Å². The molecule has 1 aromatic rings. The number of alkyl halides is 3. The number of ether oxygens (including phenoxy) is 1. The van der Waals surface area contributed by atoms with Gasteiger partial charge in [-0.05, 0) is 31.4 Å². The van der Waals surface area contributed by atoms with Crippen LogP contribution in [-0.2, 0) is 5.60 Å². The Morgan fingerprint density at radius 1 is 1.29 bits per heavy atom. The molecule has 17 heavy (non-hydrogen) atoms. The Balaban J connectivity index is 2.23. The van der Waals surface area contributed by atoms with Crippen LogP contribution in [0.25, 0.3) is 0 Å². The summed E-state index contributed by atoms with van der Waals surface area (Å²) in [5.74, 6) is -0.380. The van der Waals surface area contributed by atoms with E-state index in [0.717, 1.165) is 18.6 Å². The Labute approximate surface area is 101 Å². The second-order valence-electron chi connectivity index (χ2n) is 4.07. The molecular weight excluding hydrogens is 257 g/mol. The van der Waals surface area contributed by atoms with E-state index in [0.29, 0.717) is 18.4 Å². The second kappa shape index (κ2) is 4.07. The van der Waals surface area contributed by atoms with Crippen LogP contribution in [-0.4, -0.2) is 11.5 Å². The van der Waals surface area contributed by atoms with Crippen molar-refractivity contribution in [2.24, 2.45) is 0 Å². The maximum atomic E-state index is 12.0. The van der Waals surface area contributed by atoms with Gasteiger partial charge in [-0.25, -0.2) is 0 Å². The molecule has 0 bridgehead atoms. The van der Waals surface area contributed by atoms with Gasteiger partial charge < -0.3 is 9.84 Å². The summed E-state index contributed by atoms with van der Waals surface area (Å²) in [5, 5.41) is 10.1. The highest BCUT2D eigenvalue weighted by molar-refractivity contribution is 6.31. The first-order valence-corrected chi connectivity index (χ1v) is 5.46. The molecule has 1 aliphatic rings. The molecule has 0 amide bonds. The molecule has 1 aromatic carbocycles. The van der Waals surface area contributed by atoms with E-state index in [1.165, 1.54) is 6.07 Å². The maximum absolute atomic E-state index is 12.0. The Kier molecular flexibility index (Phi) is 2.99. The predicted molar refractivity (Wildman–Crippen MR) is 55.9 cm³/mol. The summed E-state index contributed by atoms with van der Waals surface area (Å²) in [4.78, 5) is 0. The van der Waals surface area contributed by atoms with Crippen molar-refractivity contribution in [3.05, 3.63) is 28.8 Å². The number of halogens is 4. The average molecular weight is 267 g/mol. The maximum Gasteiger partial charge on any atom is 0.573 e. The van der Waals surface area contributed by atoms with Crippen LogP contribution in [0.5, 0.6) is 5.75 Å². The Morgan fingerprint density at radius 3 is 2.35 bits per heavy atom. The Hall–Kier alpha value is -0.940. The summed E-state index contributed by atoms with van der Waals surface area (Å²) in [5.41, 5.74) is -0.534. The monoisotopic (exact) mass is 266 g/mol. The lowest BCUT2D eigenvalue weighted by Crippen LogP contribution is -2.33. The van der Waals surface area contributed by atoms with Gasteiger partial charge in [0, 0.05) is 5.56 Å². The van der Waals surface area contributed by atoms with Crippen molar-refractivity contribution < 1.29 is 23.0 Å². The van der Waals surface area contributed by atoms with E-state index in [1.807, 2.05) is 0 Å². The summed E-state index contributed by atoms with van der Waals surface area (Å²) in [6.07, 6.45) is -2.70. The predicted octanol–water partition coefficient (Wildman–Crippen LogP) is 3.61. The van der Waals surface area contributed by atoms with Crippen molar-refractivity contribution in [3.8, 4) is 5.75 Å². The van der Waals surface area contributed by atoms with Gasteiger partial charge in [-0.2, -0.15) is 0 Å². The lowest BCUT2D eigenvalue weighted by molar-refractivity contribution is -0.274. The van der Waals surface area contributed by atoms with Crippen LogP contribution in [0.2, 0.25) is 5.02 Å². The molecule has 0 unspecified atom stereocenters. The number of hydrogen-bond donors (Lipinski definition) is 1. The minimum Gasteiger partial charge on any atom is -0.406 e. The standard InChI is InChI=1S/C11H10ClF3O2/c12-9-6-7(17-11(13,14)15)2-3-8(9)10(16)4-1-5-10/h2-3,6,16H,1,4-5H2.